The smallest absolute Gasteiger partial charge is 0.230 e. The zero-order chi connectivity index (χ0) is 12.2. The molecule has 2 aliphatic heterocycles. The summed E-state index contributed by atoms with van der Waals surface area (Å²) in [6.45, 7) is 5.36. The topological polar surface area (TPSA) is 54.4 Å². The maximum Gasteiger partial charge on any atom is 0.230 e. The third kappa shape index (κ3) is 2.53. The lowest BCUT2D eigenvalue weighted by Crippen LogP contribution is -2.38. The van der Waals surface area contributed by atoms with Crippen molar-refractivity contribution in [3.63, 3.8) is 0 Å². The molecule has 0 amide bonds. The Morgan fingerprint density at radius 2 is 1.44 bits per heavy atom. The van der Waals surface area contributed by atoms with E-state index in [4.69, 9.17) is 4.74 Å². The lowest BCUT2D eigenvalue weighted by molar-refractivity contribution is 0.122. The van der Waals surface area contributed by atoms with E-state index in [-0.39, 0.29) is 0 Å². The summed E-state index contributed by atoms with van der Waals surface area (Å²) in [5, 5.41) is 0. The van der Waals surface area contributed by atoms with Crippen molar-refractivity contribution in [2.24, 2.45) is 0 Å². The summed E-state index contributed by atoms with van der Waals surface area (Å²) < 4.78 is 5.34. The molecule has 6 nitrogen and oxygen atoms in total. The fraction of sp³-hybridized carbons (Fsp3) is 0.750. The zero-order valence-corrected chi connectivity index (χ0v) is 10.6. The van der Waals surface area contributed by atoms with Crippen molar-refractivity contribution in [1.29, 1.82) is 0 Å². The minimum atomic E-state index is 0.755. The van der Waals surface area contributed by atoms with Crippen LogP contribution in [0.4, 0.5) is 11.9 Å². The van der Waals surface area contributed by atoms with E-state index in [0.717, 1.165) is 51.3 Å². The predicted molar refractivity (Wildman–Crippen MR) is 68.9 cm³/mol. The monoisotopic (exact) mass is 249 g/mol. The summed E-state index contributed by atoms with van der Waals surface area (Å²) in [4.78, 5) is 17.6. The van der Waals surface area contributed by atoms with Crippen LogP contribution in [0, 0.1) is 0 Å². The molecule has 3 rings (SSSR count). The number of piperidine rings is 1. The average Bonchev–Trinajstić information content (AvgIpc) is 2.49. The van der Waals surface area contributed by atoms with Crippen LogP contribution in [0.15, 0.2) is 6.33 Å². The molecule has 0 bridgehead atoms. The van der Waals surface area contributed by atoms with Gasteiger partial charge in [0.1, 0.15) is 6.33 Å². The summed E-state index contributed by atoms with van der Waals surface area (Å²) in [5.74, 6) is 1.61. The third-order valence-electron chi connectivity index (χ3n) is 3.48. The number of ether oxygens (including phenoxy) is 1. The van der Waals surface area contributed by atoms with Gasteiger partial charge in [0.15, 0.2) is 0 Å². The Hall–Kier alpha value is -1.43. The Balaban J connectivity index is 1.75. The molecule has 0 aromatic carbocycles. The van der Waals surface area contributed by atoms with Gasteiger partial charge < -0.3 is 14.5 Å². The molecule has 0 aliphatic carbocycles. The Kier molecular flexibility index (Phi) is 3.54. The van der Waals surface area contributed by atoms with Gasteiger partial charge >= 0.3 is 0 Å². The molecule has 2 fully saturated rings. The maximum absolute atomic E-state index is 5.34. The highest BCUT2D eigenvalue weighted by molar-refractivity contribution is 5.38. The van der Waals surface area contributed by atoms with Crippen molar-refractivity contribution >= 4 is 11.9 Å². The quantitative estimate of drug-likeness (QED) is 0.769. The number of hydrogen-bond donors (Lipinski definition) is 0. The Bertz CT molecular complexity index is 355. The van der Waals surface area contributed by atoms with E-state index in [1.165, 1.54) is 19.3 Å². The van der Waals surface area contributed by atoms with Crippen LogP contribution in [-0.4, -0.2) is 54.3 Å². The van der Waals surface area contributed by atoms with Gasteiger partial charge in [-0.15, -0.1) is 0 Å². The standard InChI is InChI=1S/C12H19N5O/c1-2-4-16(5-3-1)11-13-10-14-12(15-11)17-6-8-18-9-7-17/h10H,1-9H2. The van der Waals surface area contributed by atoms with Crippen LogP contribution in [0.3, 0.4) is 0 Å². The minimum Gasteiger partial charge on any atom is -0.378 e. The first kappa shape index (κ1) is 11.6. The van der Waals surface area contributed by atoms with Gasteiger partial charge in [-0.25, -0.2) is 9.97 Å². The van der Waals surface area contributed by atoms with E-state index in [9.17, 15) is 0 Å². The van der Waals surface area contributed by atoms with Crippen molar-refractivity contribution < 1.29 is 4.74 Å². The molecule has 2 saturated heterocycles. The van der Waals surface area contributed by atoms with E-state index in [0.29, 0.717) is 0 Å². The first-order chi connectivity index (χ1) is 8.93. The first-order valence-electron chi connectivity index (χ1n) is 6.70. The zero-order valence-electron chi connectivity index (χ0n) is 10.6. The van der Waals surface area contributed by atoms with Gasteiger partial charge in [0.05, 0.1) is 13.2 Å². The largest absolute Gasteiger partial charge is 0.378 e. The number of aromatic nitrogens is 3. The van der Waals surface area contributed by atoms with Crippen molar-refractivity contribution in [3.8, 4) is 0 Å². The molecule has 18 heavy (non-hydrogen) atoms. The van der Waals surface area contributed by atoms with E-state index in [1.54, 1.807) is 6.33 Å². The highest BCUT2D eigenvalue weighted by atomic mass is 16.5. The van der Waals surface area contributed by atoms with Crippen LogP contribution in [0.25, 0.3) is 0 Å². The molecular weight excluding hydrogens is 230 g/mol. The van der Waals surface area contributed by atoms with E-state index >= 15 is 0 Å². The Morgan fingerprint density at radius 3 is 2.11 bits per heavy atom. The first-order valence-corrected chi connectivity index (χ1v) is 6.70. The molecule has 1 aromatic rings. The SMILES string of the molecule is c1nc(N2CCCCC2)nc(N2CCOCC2)n1. The molecular formula is C12H19N5O. The summed E-state index contributed by atoms with van der Waals surface area (Å²) in [5.41, 5.74) is 0. The van der Waals surface area contributed by atoms with Gasteiger partial charge in [-0.3, -0.25) is 0 Å². The number of nitrogens with zero attached hydrogens (tertiary/aromatic N) is 5. The van der Waals surface area contributed by atoms with Crippen LogP contribution < -0.4 is 9.80 Å². The Labute approximate surface area is 107 Å². The molecule has 0 saturated carbocycles. The number of morpholine rings is 1. The van der Waals surface area contributed by atoms with Crippen molar-refractivity contribution in [1.82, 2.24) is 15.0 Å². The summed E-state index contributed by atoms with van der Waals surface area (Å²) >= 11 is 0. The molecule has 0 spiro atoms. The van der Waals surface area contributed by atoms with Crippen LogP contribution in [0.2, 0.25) is 0 Å². The van der Waals surface area contributed by atoms with Crippen LogP contribution in [-0.2, 0) is 4.74 Å². The van der Waals surface area contributed by atoms with Gasteiger partial charge in [0.2, 0.25) is 11.9 Å². The van der Waals surface area contributed by atoms with Crippen molar-refractivity contribution in [2.45, 2.75) is 19.3 Å². The van der Waals surface area contributed by atoms with Gasteiger partial charge in [0, 0.05) is 26.2 Å². The second-order valence-corrected chi connectivity index (χ2v) is 4.73. The number of anilines is 2. The van der Waals surface area contributed by atoms with Gasteiger partial charge in [-0.2, -0.15) is 4.98 Å². The van der Waals surface area contributed by atoms with Crippen LogP contribution >= 0.6 is 0 Å². The third-order valence-corrected chi connectivity index (χ3v) is 3.48. The molecule has 98 valence electrons. The van der Waals surface area contributed by atoms with Gasteiger partial charge in [0.25, 0.3) is 0 Å². The summed E-state index contributed by atoms with van der Waals surface area (Å²) in [7, 11) is 0. The molecule has 0 radical (unpaired) electrons. The predicted octanol–water partition coefficient (Wildman–Crippen LogP) is 0.698. The highest BCUT2D eigenvalue weighted by Crippen LogP contribution is 2.17. The second kappa shape index (κ2) is 5.48. The fourth-order valence-electron chi connectivity index (χ4n) is 2.44. The van der Waals surface area contributed by atoms with E-state index < -0.39 is 0 Å². The fourth-order valence-corrected chi connectivity index (χ4v) is 2.44. The summed E-state index contributed by atoms with van der Waals surface area (Å²) in [6, 6.07) is 0. The molecule has 3 heterocycles. The number of rotatable bonds is 2. The molecule has 2 aliphatic rings. The normalized spacial score (nSPS) is 21.1. The van der Waals surface area contributed by atoms with Crippen LogP contribution in [0.1, 0.15) is 19.3 Å². The van der Waals surface area contributed by atoms with Gasteiger partial charge in [-0.1, -0.05) is 0 Å². The molecule has 1 aromatic heterocycles. The van der Waals surface area contributed by atoms with Crippen LogP contribution in [0.5, 0.6) is 0 Å². The second-order valence-electron chi connectivity index (χ2n) is 4.73. The lowest BCUT2D eigenvalue weighted by Gasteiger charge is -2.29. The van der Waals surface area contributed by atoms with Crippen molar-refractivity contribution in [3.05, 3.63) is 6.33 Å². The maximum atomic E-state index is 5.34. The van der Waals surface area contributed by atoms with E-state index in [1.807, 2.05) is 0 Å². The number of hydrogen-bond acceptors (Lipinski definition) is 6. The van der Waals surface area contributed by atoms with Crippen molar-refractivity contribution in [2.75, 3.05) is 49.2 Å². The summed E-state index contributed by atoms with van der Waals surface area (Å²) in [6.07, 6.45) is 5.41. The van der Waals surface area contributed by atoms with Gasteiger partial charge in [-0.05, 0) is 19.3 Å². The molecule has 0 N–H and O–H groups in total. The van der Waals surface area contributed by atoms with E-state index in [2.05, 4.69) is 24.8 Å². The molecule has 0 atom stereocenters. The molecule has 0 unspecified atom stereocenters. The Morgan fingerprint density at radius 1 is 0.833 bits per heavy atom. The lowest BCUT2D eigenvalue weighted by atomic mass is 10.1. The highest BCUT2D eigenvalue weighted by Gasteiger charge is 2.17. The average molecular weight is 249 g/mol. The molecule has 6 heteroatoms. The minimum absolute atomic E-state index is 0.755.